The number of benzene rings is 1. The number of nitrogens with zero attached hydrogens (tertiary/aromatic N) is 4. The molecular weight excluding hydrogens is 490 g/mol. The minimum atomic E-state index is -3.95. The molecule has 1 N–H and O–H groups in total. The third-order valence-electron chi connectivity index (χ3n) is 6.07. The summed E-state index contributed by atoms with van der Waals surface area (Å²) < 4.78 is 28.5. The molecule has 0 bridgehead atoms. The largest absolute Gasteiger partial charge is 0.335 e. The number of anilines is 1. The zero-order chi connectivity index (χ0) is 26.6. The molecule has 1 aromatic heterocycles. The van der Waals surface area contributed by atoms with E-state index >= 15 is 0 Å². The molecule has 1 saturated heterocycles. The average molecular weight is 518 g/mol. The molecule has 2 aliphatic rings. The maximum Gasteiger partial charge on any atom is 0.264 e. The van der Waals surface area contributed by atoms with Crippen molar-refractivity contribution in [3.05, 3.63) is 107 Å². The van der Waals surface area contributed by atoms with Gasteiger partial charge in [-0.05, 0) is 55.0 Å². The first-order valence-electron chi connectivity index (χ1n) is 11.6. The van der Waals surface area contributed by atoms with Gasteiger partial charge in [0.05, 0.1) is 11.3 Å². The SMILES string of the molecule is C=C/N=C1\C(=C)C=CC=C1S(=O)(=O)Nc1ccc(C(=O)N2CCN(C(=O)c3cccnc3C)CC2)cc1. The lowest BCUT2D eigenvalue weighted by atomic mass is 10.1. The number of rotatable bonds is 6. The van der Waals surface area contributed by atoms with Gasteiger partial charge in [-0.2, -0.15) is 0 Å². The summed E-state index contributed by atoms with van der Waals surface area (Å²) in [5.74, 6) is -0.279. The molecule has 4 rings (SSSR count). The van der Waals surface area contributed by atoms with Crippen molar-refractivity contribution in [2.75, 3.05) is 30.9 Å². The Bertz CT molecular complexity index is 1450. The summed E-state index contributed by atoms with van der Waals surface area (Å²) in [5, 5.41) is 0. The molecule has 0 atom stereocenters. The van der Waals surface area contributed by atoms with E-state index in [-0.39, 0.29) is 22.4 Å². The van der Waals surface area contributed by atoms with Crippen LogP contribution in [0.5, 0.6) is 0 Å². The van der Waals surface area contributed by atoms with Gasteiger partial charge in [0.15, 0.2) is 0 Å². The Kier molecular flexibility index (Phi) is 7.49. The van der Waals surface area contributed by atoms with E-state index in [1.54, 1.807) is 59.3 Å². The number of carbonyl (C=O) groups excluding carboxylic acids is 2. The van der Waals surface area contributed by atoms with Crippen LogP contribution >= 0.6 is 0 Å². The molecule has 37 heavy (non-hydrogen) atoms. The minimum Gasteiger partial charge on any atom is -0.335 e. The van der Waals surface area contributed by atoms with Gasteiger partial charge in [0, 0.05) is 55.5 Å². The van der Waals surface area contributed by atoms with Gasteiger partial charge in [-0.15, -0.1) is 0 Å². The smallest absolute Gasteiger partial charge is 0.264 e. The van der Waals surface area contributed by atoms with E-state index in [4.69, 9.17) is 0 Å². The maximum atomic E-state index is 13.0. The van der Waals surface area contributed by atoms with Crippen LogP contribution < -0.4 is 4.72 Å². The molecular formula is C27H27N5O4S. The lowest BCUT2D eigenvalue weighted by Gasteiger charge is -2.35. The monoisotopic (exact) mass is 517 g/mol. The fourth-order valence-electron chi connectivity index (χ4n) is 4.09. The average Bonchev–Trinajstić information content (AvgIpc) is 2.90. The molecule has 1 aliphatic carbocycles. The number of sulfonamides is 1. The first kappa shape index (κ1) is 25.8. The summed E-state index contributed by atoms with van der Waals surface area (Å²) >= 11 is 0. The third kappa shape index (κ3) is 5.59. The van der Waals surface area contributed by atoms with Gasteiger partial charge < -0.3 is 9.80 Å². The van der Waals surface area contributed by atoms with Crippen molar-refractivity contribution in [3.8, 4) is 0 Å². The lowest BCUT2D eigenvalue weighted by molar-refractivity contribution is 0.0534. The van der Waals surface area contributed by atoms with Gasteiger partial charge in [0.1, 0.15) is 4.91 Å². The van der Waals surface area contributed by atoms with Gasteiger partial charge in [-0.25, -0.2) is 8.42 Å². The van der Waals surface area contributed by atoms with E-state index < -0.39 is 10.0 Å². The summed E-state index contributed by atoms with van der Waals surface area (Å²) in [4.78, 5) is 37.4. The second kappa shape index (κ2) is 10.8. The Labute approximate surface area is 216 Å². The van der Waals surface area contributed by atoms with Crippen molar-refractivity contribution >= 4 is 33.2 Å². The number of aryl methyl sites for hydroxylation is 1. The van der Waals surface area contributed by atoms with Crippen LogP contribution in [0.25, 0.3) is 0 Å². The fraction of sp³-hybridized carbons (Fsp3) is 0.185. The summed E-state index contributed by atoms with van der Waals surface area (Å²) in [6.07, 6.45) is 7.61. The molecule has 9 nitrogen and oxygen atoms in total. The van der Waals surface area contributed by atoms with Crippen LogP contribution in [0.15, 0.2) is 95.7 Å². The number of amides is 2. The van der Waals surface area contributed by atoms with Crippen LogP contribution in [-0.2, 0) is 10.0 Å². The Morgan fingerprint density at radius 1 is 1.05 bits per heavy atom. The van der Waals surface area contributed by atoms with Crippen LogP contribution in [-0.4, -0.2) is 66.9 Å². The van der Waals surface area contributed by atoms with E-state index in [9.17, 15) is 18.0 Å². The summed E-state index contributed by atoms with van der Waals surface area (Å²) in [7, 11) is -3.95. The van der Waals surface area contributed by atoms with Crippen LogP contribution in [0.2, 0.25) is 0 Å². The number of allylic oxidation sites excluding steroid dienone is 5. The molecule has 2 heterocycles. The van der Waals surface area contributed by atoms with Crippen molar-refractivity contribution in [1.29, 1.82) is 0 Å². The minimum absolute atomic E-state index is 0.0195. The highest BCUT2D eigenvalue weighted by atomic mass is 32.2. The number of pyridine rings is 1. The molecule has 1 aromatic carbocycles. The second-order valence-electron chi connectivity index (χ2n) is 8.48. The Morgan fingerprint density at radius 3 is 2.32 bits per heavy atom. The highest BCUT2D eigenvalue weighted by molar-refractivity contribution is 7.97. The fourth-order valence-corrected chi connectivity index (χ4v) is 5.34. The Balaban J connectivity index is 1.39. The van der Waals surface area contributed by atoms with E-state index in [0.29, 0.717) is 54.3 Å². The number of aliphatic imine (C=N–C) groups is 1. The topological polar surface area (TPSA) is 112 Å². The summed E-state index contributed by atoms with van der Waals surface area (Å²) in [6, 6.07) is 9.70. The van der Waals surface area contributed by atoms with Gasteiger partial charge in [-0.1, -0.05) is 25.3 Å². The number of hydrogen-bond acceptors (Lipinski definition) is 6. The highest BCUT2D eigenvalue weighted by Crippen LogP contribution is 2.23. The van der Waals surface area contributed by atoms with Crippen molar-refractivity contribution < 1.29 is 18.0 Å². The van der Waals surface area contributed by atoms with Crippen molar-refractivity contribution in [1.82, 2.24) is 14.8 Å². The molecule has 0 saturated carbocycles. The van der Waals surface area contributed by atoms with E-state index in [0.717, 1.165) is 0 Å². The van der Waals surface area contributed by atoms with Crippen LogP contribution in [0.1, 0.15) is 26.4 Å². The molecule has 2 amide bonds. The zero-order valence-electron chi connectivity index (χ0n) is 20.4. The standard InChI is InChI=1S/C27H27N5O4S/c1-4-28-25-19(2)7-5-9-24(25)37(35,36)30-22-12-10-21(11-13-22)26(33)31-15-17-32(18-16-31)27(34)23-8-6-14-29-20(23)3/h4-14,30H,1-2,15-18H2,3H3/b28-25+. The van der Waals surface area contributed by atoms with Gasteiger partial charge >= 0.3 is 0 Å². The molecule has 1 fully saturated rings. The van der Waals surface area contributed by atoms with E-state index in [2.05, 4.69) is 27.9 Å². The predicted molar refractivity (Wildman–Crippen MR) is 144 cm³/mol. The summed E-state index contributed by atoms with van der Waals surface area (Å²) in [6.45, 7) is 10.8. The number of hydrogen-bond donors (Lipinski definition) is 1. The lowest BCUT2D eigenvalue weighted by Crippen LogP contribution is -2.50. The van der Waals surface area contributed by atoms with Gasteiger partial charge in [0.25, 0.3) is 21.8 Å². The van der Waals surface area contributed by atoms with Crippen molar-refractivity contribution in [2.24, 2.45) is 4.99 Å². The first-order chi connectivity index (χ1) is 17.7. The Hall–Kier alpha value is -4.31. The van der Waals surface area contributed by atoms with Crippen LogP contribution in [0, 0.1) is 6.92 Å². The van der Waals surface area contributed by atoms with E-state index in [1.807, 2.05) is 0 Å². The molecule has 0 radical (unpaired) electrons. The molecule has 0 spiro atoms. The van der Waals surface area contributed by atoms with E-state index in [1.165, 1.54) is 24.4 Å². The molecule has 2 aromatic rings. The van der Waals surface area contributed by atoms with Crippen LogP contribution in [0.3, 0.4) is 0 Å². The number of nitrogens with one attached hydrogen (secondary N) is 1. The van der Waals surface area contributed by atoms with Crippen molar-refractivity contribution in [3.63, 3.8) is 0 Å². The number of carbonyl (C=O) groups is 2. The zero-order valence-corrected chi connectivity index (χ0v) is 21.2. The van der Waals surface area contributed by atoms with Crippen molar-refractivity contribution in [2.45, 2.75) is 6.92 Å². The molecule has 1 aliphatic heterocycles. The molecule has 10 heteroatoms. The normalized spacial score (nSPS) is 16.9. The van der Waals surface area contributed by atoms with Crippen LogP contribution in [0.4, 0.5) is 5.69 Å². The quantitative estimate of drug-likeness (QED) is 0.632. The molecule has 190 valence electrons. The summed E-state index contributed by atoms with van der Waals surface area (Å²) in [5.41, 5.74) is 2.64. The third-order valence-corrected chi connectivity index (χ3v) is 7.48. The number of aromatic nitrogens is 1. The highest BCUT2D eigenvalue weighted by Gasteiger charge is 2.27. The molecule has 0 unspecified atom stereocenters. The first-order valence-corrected chi connectivity index (χ1v) is 13.1. The van der Waals surface area contributed by atoms with Gasteiger partial charge in [-0.3, -0.25) is 24.3 Å². The van der Waals surface area contributed by atoms with Gasteiger partial charge in [0.2, 0.25) is 0 Å². The second-order valence-corrected chi connectivity index (χ2v) is 10.1. The predicted octanol–water partition coefficient (Wildman–Crippen LogP) is 3.32. The maximum absolute atomic E-state index is 13.0. The number of piperazine rings is 1. The Morgan fingerprint density at radius 2 is 1.70 bits per heavy atom.